The average molecular weight is 329 g/mol. The number of anilines is 1. The predicted molar refractivity (Wildman–Crippen MR) is 99.4 cm³/mol. The van der Waals surface area contributed by atoms with Crippen molar-refractivity contribution in [1.29, 1.82) is 0 Å². The fraction of sp³-hybridized carbons (Fsp3) is 0.150. The third-order valence-electron chi connectivity index (χ3n) is 4.27. The maximum Gasteiger partial charge on any atom is 0.140 e. The lowest BCUT2D eigenvalue weighted by Gasteiger charge is -2.14. The number of imidazole rings is 1. The van der Waals surface area contributed by atoms with Crippen LogP contribution in [0.4, 0.5) is 5.69 Å². The van der Waals surface area contributed by atoms with Crippen molar-refractivity contribution < 1.29 is 0 Å². The van der Waals surface area contributed by atoms with Crippen molar-refractivity contribution in [2.24, 2.45) is 0 Å². The molecule has 0 aliphatic rings. The second kappa shape index (κ2) is 6.36. The van der Waals surface area contributed by atoms with Gasteiger partial charge in [0.1, 0.15) is 5.65 Å². The number of rotatable bonds is 4. The lowest BCUT2D eigenvalue weighted by atomic mass is 10.1. The number of nitrogens with one attached hydrogen (secondary N) is 1. The molecule has 1 atom stereocenters. The average Bonchev–Trinajstić information content (AvgIpc) is 3.09. The predicted octanol–water partition coefficient (Wildman–Crippen LogP) is 4.27. The molecule has 1 N–H and O–H groups in total. The van der Waals surface area contributed by atoms with Crippen LogP contribution in [0.2, 0.25) is 0 Å². The van der Waals surface area contributed by atoms with E-state index in [1.807, 2.05) is 12.3 Å². The normalized spacial score (nSPS) is 12.2. The fourth-order valence-electron chi connectivity index (χ4n) is 2.89. The molecule has 0 saturated heterocycles. The maximum atomic E-state index is 4.74. The van der Waals surface area contributed by atoms with E-state index in [2.05, 4.69) is 70.1 Å². The number of fused-ring (bicyclic) bond motifs is 1. The van der Waals surface area contributed by atoms with Gasteiger partial charge in [0, 0.05) is 36.0 Å². The standard InChI is InChI=1S/C20H19N5/c1-14-4-3-11-25-13-19(24-20(14)25)16-5-7-17(8-6-16)23-15(2)18-12-21-9-10-22-18/h3-13,15,23H,1-2H3. The van der Waals surface area contributed by atoms with Gasteiger partial charge in [-0.25, -0.2) is 4.98 Å². The van der Waals surface area contributed by atoms with E-state index >= 15 is 0 Å². The molecule has 0 bridgehead atoms. The third-order valence-corrected chi connectivity index (χ3v) is 4.27. The molecular weight excluding hydrogens is 310 g/mol. The minimum absolute atomic E-state index is 0.0948. The Labute approximate surface area is 146 Å². The number of benzene rings is 1. The van der Waals surface area contributed by atoms with Crippen molar-refractivity contribution in [2.45, 2.75) is 19.9 Å². The summed E-state index contributed by atoms with van der Waals surface area (Å²) >= 11 is 0. The van der Waals surface area contributed by atoms with Gasteiger partial charge in [0.05, 0.1) is 23.6 Å². The van der Waals surface area contributed by atoms with Crippen molar-refractivity contribution in [3.63, 3.8) is 0 Å². The molecule has 4 aromatic rings. The summed E-state index contributed by atoms with van der Waals surface area (Å²) in [6.45, 7) is 4.15. The maximum absolute atomic E-state index is 4.74. The van der Waals surface area contributed by atoms with E-state index in [0.29, 0.717) is 0 Å². The molecule has 0 aliphatic heterocycles. The Morgan fingerprint density at radius 3 is 2.64 bits per heavy atom. The smallest absolute Gasteiger partial charge is 0.140 e. The second-order valence-corrected chi connectivity index (χ2v) is 6.12. The second-order valence-electron chi connectivity index (χ2n) is 6.12. The molecule has 124 valence electrons. The van der Waals surface area contributed by atoms with Crippen LogP contribution in [0, 0.1) is 6.92 Å². The number of aryl methyl sites for hydroxylation is 1. The van der Waals surface area contributed by atoms with Crippen molar-refractivity contribution in [3.05, 3.63) is 78.6 Å². The molecule has 4 rings (SSSR count). The molecule has 0 saturated carbocycles. The van der Waals surface area contributed by atoms with Gasteiger partial charge in [0.2, 0.25) is 0 Å². The van der Waals surface area contributed by atoms with E-state index < -0.39 is 0 Å². The Kier molecular flexibility index (Phi) is 3.90. The topological polar surface area (TPSA) is 55.1 Å². The lowest BCUT2D eigenvalue weighted by Crippen LogP contribution is -2.08. The summed E-state index contributed by atoms with van der Waals surface area (Å²) < 4.78 is 2.06. The van der Waals surface area contributed by atoms with E-state index in [-0.39, 0.29) is 6.04 Å². The van der Waals surface area contributed by atoms with Crippen LogP contribution >= 0.6 is 0 Å². The van der Waals surface area contributed by atoms with Crippen LogP contribution in [0.1, 0.15) is 24.2 Å². The highest BCUT2D eigenvalue weighted by atomic mass is 15.0. The Bertz CT molecular complexity index is 990. The molecule has 3 heterocycles. The molecule has 5 heteroatoms. The van der Waals surface area contributed by atoms with E-state index in [1.165, 1.54) is 5.56 Å². The third kappa shape index (κ3) is 3.08. The summed E-state index contributed by atoms with van der Waals surface area (Å²) in [5.74, 6) is 0. The fourth-order valence-corrected chi connectivity index (χ4v) is 2.89. The molecule has 0 fully saturated rings. The summed E-state index contributed by atoms with van der Waals surface area (Å²) in [5, 5.41) is 3.44. The minimum atomic E-state index is 0.0948. The zero-order chi connectivity index (χ0) is 17.2. The Hall–Kier alpha value is -3.21. The molecule has 1 aromatic carbocycles. The molecular formula is C20H19N5. The summed E-state index contributed by atoms with van der Waals surface area (Å²) in [7, 11) is 0. The van der Waals surface area contributed by atoms with Gasteiger partial charge in [-0.3, -0.25) is 9.97 Å². The summed E-state index contributed by atoms with van der Waals surface area (Å²) in [6.07, 6.45) is 9.26. The quantitative estimate of drug-likeness (QED) is 0.607. The number of hydrogen-bond donors (Lipinski definition) is 1. The number of nitrogens with zero attached hydrogens (tertiary/aromatic N) is 4. The monoisotopic (exact) mass is 329 g/mol. The summed E-state index contributed by atoms with van der Waals surface area (Å²) in [6, 6.07) is 12.5. The van der Waals surface area contributed by atoms with Crippen molar-refractivity contribution in [2.75, 3.05) is 5.32 Å². The molecule has 0 amide bonds. The lowest BCUT2D eigenvalue weighted by molar-refractivity contribution is 0.827. The molecule has 0 aliphatic carbocycles. The number of hydrogen-bond acceptors (Lipinski definition) is 4. The molecule has 1 unspecified atom stereocenters. The van der Waals surface area contributed by atoms with Gasteiger partial charge in [-0.15, -0.1) is 0 Å². The Morgan fingerprint density at radius 1 is 1.08 bits per heavy atom. The molecule has 3 aromatic heterocycles. The van der Waals surface area contributed by atoms with Crippen LogP contribution in [-0.4, -0.2) is 19.4 Å². The van der Waals surface area contributed by atoms with Gasteiger partial charge in [0.25, 0.3) is 0 Å². The highest BCUT2D eigenvalue weighted by molar-refractivity contribution is 5.66. The van der Waals surface area contributed by atoms with Crippen molar-refractivity contribution in [1.82, 2.24) is 19.4 Å². The Balaban J connectivity index is 1.56. The van der Waals surface area contributed by atoms with Gasteiger partial charge < -0.3 is 9.72 Å². The van der Waals surface area contributed by atoms with Crippen molar-refractivity contribution in [3.8, 4) is 11.3 Å². The molecule has 0 radical (unpaired) electrons. The van der Waals surface area contributed by atoms with Gasteiger partial charge in [-0.2, -0.15) is 0 Å². The van der Waals surface area contributed by atoms with Crippen molar-refractivity contribution >= 4 is 11.3 Å². The first kappa shape index (κ1) is 15.3. The highest BCUT2D eigenvalue weighted by Crippen LogP contribution is 2.24. The van der Waals surface area contributed by atoms with E-state index in [4.69, 9.17) is 4.98 Å². The first-order chi connectivity index (χ1) is 12.2. The Morgan fingerprint density at radius 2 is 1.92 bits per heavy atom. The van der Waals surface area contributed by atoms with Gasteiger partial charge in [-0.1, -0.05) is 18.2 Å². The van der Waals surface area contributed by atoms with Gasteiger partial charge >= 0.3 is 0 Å². The first-order valence-corrected chi connectivity index (χ1v) is 8.28. The first-order valence-electron chi connectivity index (χ1n) is 8.28. The van der Waals surface area contributed by atoms with Crippen LogP contribution in [0.25, 0.3) is 16.9 Å². The number of pyridine rings is 1. The van der Waals surface area contributed by atoms with Gasteiger partial charge in [0.15, 0.2) is 0 Å². The van der Waals surface area contributed by atoms with Crippen LogP contribution in [0.5, 0.6) is 0 Å². The highest BCUT2D eigenvalue weighted by Gasteiger charge is 2.08. The summed E-state index contributed by atoms with van der Waals surface area (Å²) in [4.78, 5) is 13.2. The van der Waals surface area contributed by atoms with Crippen LogP contribution in [0.3, 0.4) is 0 Å². The summed E-state index contributed by atoms with van der Waals surface area (Å²) in [5.41, 5.74) is 6.20. The zero-order valence-electron chi connectivity index (χ0n) is 14.2. The van der Waals surface area contributed by atoms with Crippen LogP contribution in [-0.2, 0) is 0 Å². The molecule has 5 nitrogen and oxygen atoms in total. The van der Waals surface area contributed by atoms with E-state index in [9.17, 15) is 0 Å². The van der Waals surface area contributed by atoms with Gasteiger partial charge in [-0.05, 0) is 37.6 Å². The van der Waals surface area contributed by atoms with E-state index in [0.717, 1.165) is 28.3 Å². The molecule has 25 heavy (non-hydrogen) atoms. The minimum Gasteiger partial charge on any atom is -0.377 e. The zero-order valence-corrected chi connectivity index (χ0v) is 14.2. The van der Waals surface area contributed by atoms with Crippen LogP contribution < -0.4 is 5.32 Å². The largest absolute Gasteiger partial charge is 0.377 e. The van der Waals surface area contributed by atoms with E-state index in [1.54, 1.807) is 18.6 Å². The number of aromatic nitrogens is 4. The molecule has 0 spiro atoms. The SMILES string of the molecule is Cc1cccn2cc(-c3ccc(NC(C)c4cnccn4)cc3)nc12. The van der Waals surface area contributed by atoms with Crippen LogP contribution in [0.15, 0.2) is 67.4 Å².